The number of amides is 2. The third kappa shape index (κ3) is 4.47. The number of nitrogens with two attached hydrogens (primary N) is 1. The summed E-state index contributed by atoms with van der Waals surface area (Å²) in [5.74, 6) is 0.471. The number of piperidine rings is 1. The molecular formula is C18H26ClN3O4. The highest BCUT2D eigenvalue weighted by Crippen LogP contribution is 2.28. The lowest BCUT2D eigenvalue weighted by Crippen LogP contribution is -2.55. The molecule has 2 aliphatic rings. The molecule has 144 valence electrons. The summed E-state index contributed by atoms with van der Waals surface area (Å²) in [6.07, 6.45) is 3.29. The normalized spacial score (nSPS) is 19.8. The van der Waals surface area contributed by atoms with Gasteiger partial charge in [-0.2, -0.15) is 0 Å². The van der Waals surface area contributed by atoms with Crippen molar-refractivity contribution in [3.05, 3.63) is 23.8 Å². The minimum atomic E-state index is -0.740. The Hall–Kier alpha value is -1.83. The Kier molecular flexibility index (Phi) is 7.25. The molecule has 26 heavy (non-hydrogen) atoms. The summed E-state index contributed by atoms with van der Waals surface area (Å²) < 4.78 is 10.4. The second kappa shape index (κ2) is 9.21. The summed E-state index contributed by atoms with van der Waals surface area (Å²) in [6.45, 7) is 1.37. The van der Waals surface area contributed by atoms with Crippen molar-refractivity contribution in [2.24, 2.45) is 5.73 Å². The fraction of sp³-hybridized carbons (Fsp3) is 0.556. The lowest BCUT2D eigenvalue weighted by Gasteiger charge is -2.36. The highest BCUT2D eigenvalue weighted by Gasteiger charge is 2.34. The van der Waals surface area contributed by atoms with Gasteiger partial charge in [0.1, 0.15) is 17.8 Å². The molecule has 0 aliphatic carbocycles. The second-order valence-corrected chi connectivity index (χ2v) is 6.52. The zero-order chi connectivity index (χ0) is 17.8. The highest BCUT2D eigenvalue weighted by molar-refractivity contribution is 5.98. The summed E-state index contributed by atoms with van der Waals surface area (Å²) in [4.78, 5) is 26.9. The van der Waals surface area contributed by atoms with Crippen LogP contribution in [0.5, 0.6) is 5.75 Å². The summed E-state index contributed by atoms with van der Waals surface area (Å²) in [5.41, 5.74) is 7.70. The molecule has 1 aromatic rings. The van der Waals surface area contributed by atoms with Crippen molar-refractivity contribution in [3.8, 4) is 5.75 Å². The molecule has 3 rings (SSSR count). The smallest absolute Gasteiger partial charge is 0.247 e. The van der Waals surface area contributed by atoms with Crippen molar-refractivity contribution >= 4 is 29.9 Å². The Morgan fingerprint density at radius 3 is 3.00 bits per heavy atom. The van der Waals surface area contributed by atoms with Crippen molar-refractivity contribution < 1.29 is 19.1 Å². The molecule has 2 unspecified atom stereocenters. The maximum absolute atomic E-state index is 12.8. The molecule has 0 spiro atoms. The van der Waals surface area contributed by atoms with Crippen LogP contribution in [0.2, 0.25) is 0 Å². The average molecular weight is 384 g/mol. The van der Waals surface area contributed by atoms with Gasteiger partial charge in [0.15, 0.2) is 0 Å². The first-order valence-corrected chi connectivity index (χ1v) is 8.71. The largest absolute Gasteiger partial charge is 0.493 e. The first-order chi connectivity index (χ1) is 12.1. The molecule has 2 heterocycles. The maximum atomic E-state index is 12.8. The standard InChI is InChI=1S/C18H25N3O4.ClH/c1-24-11-14(19)18(23)21-8-3-2-4-15(21)17(22)20-13-5-6-16-12(10-13)7-9-25-16;/h5-6,10,14-15H,2-4,7-9,11,19H2,1H3,(H,20,22);1H. The van der Waals surface area contributed by atoms with Crippen molar-refractivity contribution in [1.82, 2.24) is 4.90 Å². The minimum absolute atomic E-state index is 0. The van der Waals surface area contributed by atoms with E-state index in [1.807, 2.05) is 18.2 Å². The van der Waals surface area contributed by atoms with Crippen LogP contribution in [-0.2, 0) is 20.7 Å². The van der Waals surface area contributed by atoms with Gasteiger partial charge in [-0.1, -0.05) is 0 Å². The fourth-order valence-corrected chi connectivity index (χ4v) is 3.42. The number of nitrogens with one attached hydrogen (secondary N) is 1. The number of benzene rings is 1. The van der Waals surface area contributed by atoms with Gasteiger partial charge in [0, 0.05) is 25.8 Å². The number of hydrogen-bond acceptors (Lipinski definition) is 5. The maximum Gasteiger partial charge on any atom is 0.247 e. The van der Waals surface area contributed by atoms with Gasteiger partial charge < -0.3 is 25.4 Å². The molecule has 8 heteroatoms. The summed E-state index contributed by atoms with van der Waals surface area (Å²) in [7, 11) is 1.51. The Balaban J connectivity index is 0.00000243. The van der Waals surface area contributed by atoms with Crippen molar-refractivity contribution in [2.45, 2.75) is 37.8 Å². The summed E-state index contributed by atoms with van der Waals surface area (Å²) in [5, 5.41) is 2.94. The third-order valence-corrected chi connectivity index (χ3v) is 4.71. The zero-order valence-corrected chi connectivity index (χ0v) is 15.7. The Morgan fingerprint density at radius 1 is 1.42 bits per heavy atom. The SMILES string of the molecule is COCC(N)C(=O)N1CCCCC1C(=O)Nc1ccc2c(c1)CCO2.Cl. The number of carbonyl (C=O) groups excluding carboxylic acids is 2. The number of rotatable bonds is 5. The van der Waals surface area contributed by atoms with Crippen molar-refractivity contribution in [2.75, 3.05) is 32.2 Å². The zero-order valence-electron chi connectivity index (χ0n) is 14.9. The van der Waals surface area contributed by atoms with E-state index in [9.17, 15) is 9.59 Å². The van der Waals surface area contributed by atoms with Gasteiger partial charge >= 0.3 is 0 Å². The van der Waals surface area contributed by atoms with E-state index >= 15 is 0 Å². The van der Waals surface area contributed by atoms with E-state index < -0.39 is 12.1 Å². The quantitative estimate of drug-likeness (QED) is 0.800. The number of hydrogen-bond donors (Lipinski definition) is 2. The first kappa shape index (κ1) is 20.5. The molecule has 2 amide bonds. The number of methoxy groups -OCH3 is 1. The number of nitrogens with zero attached hydrogens (tertiary/aromatic N) is 1. The minimum Gasteiger partial charge on any atom is -0.493 e. The van der Waals surface area contributed by atoms with Crippen molar-refractivity contribution in [3.63, 3.8) is 0 Å². The fourth-order valence-electron chi connectivity index (χ4n) is 3.42. The number of ether oxygens (including phenoxy) is 2. The number of fused-ring (bicyclic) bond motifs is 1. The first-order valence-electron chi connectivity index (χ1n) is 8.71. The van der Waals surface area contributed by atoms with Crippen LogP contribution in [-0.4, -0.2) is 55.7 Å². The summed E-state index contributed by atoms with van der Waals surface area (Å²) >= 11 is 0. The Bertz CT molecular complexity index is 655. The second-order valence-electron chi connectivity index (χ2n) is 6.52. The van der Waals surface area contributed by atoms with Gasteiger partial charge in [0.2, 0.25) is 11.8 Å². The number of likely N-dealkylation sites (tertiary alicyclic amines) is 1. The van der Waals surface area contributed by atoms with E-state index in [-0.39, 0.29) is 30.8 Å². The van der Waals surface area contributed by atoms with Crippen molar-refractivity contribution in [1.29, 1.82) is 0 Å². The van der Waals surface area contributed by atoms with Gasteiger partial charge in [-0.05, 0) is 43.0 Å². The predicted octanol–water partition coefficient (Wildman–Crippen LogP) is 1.34. The molecule has 3 N–H and O–H groups in total. The third-order valence-electron chi connectivity index (χ3n) is 4.71. The van der Waals surface area contributed by atoms with Crippen LogP contribution in [0.4, 0.5) is 5.69 Å². The van der Waals surface area contributed by atoms with Crippen LogP contribution in [0.3, 0.4) is 0 Å². The molecule has 1 saturated heterocycles. The molecule has 7 nitrogen and oxygen atoms in total. The molecule has 2 aliphatic heterocycles. The Labute approximate surface area is 159 Å². The Morgan fingerprint density at radius 2 is 2.23 bits per heavy atom. The van der Waals surface area contributed by atoms with E-state index in [1.54, 1.807) is 4.90 Å². The van der Waals surface area contributed by atoms with Gasteiger partial charge in [-0.25, -0.2) is 0 Å². The molecule has 0 bridgehead atoms. The van der Waals surface area contributed by atoms with Gasteiger partial charge in [0.25, 0.3) is 0 Å². The number of carbonyl (C=O) groups is 2. The van der Waals surface area contributed by atoms with E-state index in [4.69, 9.17) is 15.2 Å². The molecule has 1 aromatic carbocycles. The van der Waals surface area contributed by atoms with E-state index in [1.165, 1.54) is 7.11 Å². The highest BCUT2D eigenvalue weighted by atomic mass is 35.5. The molecule has 0 saturated carbocycles. The van der Waals surface area contributed by atoms with Crippen LogP contribution in [0.25, 0.3) is 0 Å². The molecule has 2 atom stereocenters. The molecule has 1 fully saturated rings. The monoisotopic (exact) mass is 383 g/mol. The van der Waals surface area contributed by atoms with Crippen LogP contribution in [0.15, 0.2) is 18.2 Å². The van der Waals surface area contributed by atoms with Crippen LogP contribution < -0.4 is 15.8 Å². The number of anilines is 1. The molecule has 0 radical (unpaired) electrons. The topological polar surface area (TPSA) is 93.9 Å². The van der Waals surface area contributed by atoms with E-state index in [0.717, 1.165) is 36.3 Å². The average Bonchev–Trinajstić information content (AvgIpc) is 3.09. The van der Waals surface area contributed by atoms with Gasteiger partial charge in [-0.15, -0.1) is 12.4 Å². The predicted molar refractivity (Wildman–Crippen MR) is 101 cm³/mol. The summed E-state index contributed by atoms with van der Waals surface area (Å²) in [6, 6.07) is 4.40. The van der Waals surface area contributed by atoms with E-state index in [2.05, 4.69) is 5.32 Å². The number of halogens is 1. The molecular weight excluding hydrogens is 358 g/mol. The van der Waals surface area contributed by atoms with E-state index in [0.29, 0.717) is 19.6 Å². The lowest BCUT2D eigenvalue weighted by molar-refractivity contribution is -0.142. The van der Waals surface area contributed by atoms with Crippen LogP contribution >= 0.6 is 12.4 Å². The molecule has 0 aromatic heterocycles. The lowest BCUT2D eigenvalue weighted by atomic mass is 10.00. The van der Waals surface area contributed by atoms with Gasteiger partial charge in [0.05, 0.1) is 13.2 Å². The van der Waals surface area contributed by atoms with Crippen LogP contribution in [0, 0.1) is 0 Å². The van der Waals surface area contributed by atoms with Gasteiger partial charge in [-0.3, -0.25) is 9.59 Å². The van der Waals surface area contributed by atoms with Crippen LogP contribution in [0.1, 0.15) is 24.8 Å².